The minimum absolute atomic E-state index is 0.111. The van der Waals surface area contributed by atoms with Crippen molar-refractivity contribution in [3.63, 3.8) is 0 Å². The molecule has 1 atom stereocenters. The first-order chi connectivity index (χ1) is 18.2. The van der Waals surface area contributed by atoms with Gasteiger partial charge in [-0.1, -0.05) is 5.16 Å². The SMILES string of the molecule is Cc1noc(C)c1-c1cnc2c3sc(C(C)(C)O)c(C)c3n(C(c3ncccc3F)C3CCOCC3)c2c1. The fraction of sp³-hybridized carbons (Fsp3) is 0.414. The molecule has 0 saturated carbocycles. The summed E-state index contributed by atoms with van der Waals surface area (Å²) in [5.41, 5.74) is 5.66. The van der Waals surface area contributed by atoms with Crippen LogP contribution >= 0.6 is 11.3 Å². The van der Waals surface area contributed by atoms with Crippen molar-refractivity contribution in [2.45, 2.75) is 59.1 Å². The van der Waals surface area contributed by atoms with Crippen LogP contribution in [-0.4, -0.2) is 38.0 Å². The van der Waals surface area contributed by atoms with Gasteiger partial charge in [0.05, 0.1) is 38.8 Å². The molecule has 9 heteroatoms. The molecule has 6 heterocycles. The summed E-state index contributed by atoms with van der Waals surface area (Å²) in [7, 11) is 0. The average Bonchev–Trinajstić information content (AvgIpc) is 3.52. The maximum Gasteiger partial charge on any atom is 0.146 e. The molecular weight excluding hydrogens is 503 g/mol. The van der Waals surface area contributed by atoms with Gasteiger partial charge in [-0.05, 0) is 77.1 Å². The summed E-state index contributed by atoms with van der Waals surface area (Å²) < 4.78 is 29.9. The molecule has 5 aromatic heterocycles. The van der Waals surface area contributed by atoms with E-state index in [1.165, 1.54) is 6.07 Å². The smallest absolute Gasteiger partial charge is 0.146 e. The van der Waals surface area contributed by atoms with Crippen molar-refractivity contribution in [2.24, 2.45) is 5.92 Å². The fourth-order valence-corrected chi connectivity index (χ4v) is 7.30. The number of aromatic nitrogens is 4. The maximum atomic E-state index is 15.5. The molecule has 1 N–H and O–H groups in total. The second kappa shape index (κ2) is 9.25. The molecule has 0 radical (unpaired) electrons. The summed E-state index contributed by atoms with van der Waals surface area (Å²) in [5, 5.41) is 15.1. The summed E-state index contributed by atoms with van der Waals surface area (Å²) in [4.78, 5) is 10.4. The van der Waals surface area contributed by atoms with Gasteiger partial charge in [-0.15, -0.1) is 11.3 Å². The van der Waals surface area contributed by atoms with E-state index >= 15 is 4.39 Å². The zero-order valence-electron chi connectivity index (χ0n) is 22.2. The lowest BCUT2D eigenvalue weighted by Crippen LogP contribution is -2.28. The van der Waals surface area contributed by atoms with Gasteiger partial charge in [0.2, 0.25) is 0 Å². The van der Waals surface area contributed by atoms with Crippen LogP contribution in [0.5, 0.6) is 0 Å². The number of hydrogen-bond donors (Lipinski definition) is 1. The lowest BCUT2D eigenvalue weighted by molar-refractivity contribution is 0.0542. The number of nitrogens with zero attached hydrogens (tertiary/aromatic N) is 4. The minimum atomic E-state index is -1.02. The Kier molecular flexibility index (Phi) is 6.13. The summed E-state index contributed by atoms with van der Waals surface area (Å²) in [6, 6.07) is 4.85. The number of pyridine rings is 2. The molecule has 1 saturated heterocycles. The van der Waals surface area contributed by atoms with Crippen molar-refractivity contribution >= 4 is 32.6 Å². The molecule has 5 aromatic rings. The van der Waals surface area contributed by atoms with Crippen molar-refractivity contribution in [1.29, 1.82) is 0 Å². The van der Waals surface area contributed by atoms with Crippen molar-refractivity contribution in [3.05, 3.63) is 64.0 Å². The second-order valence-corrected chi connectivity index (χ2v) is 11.7. The van der Waals surface area contributed by atoms with E-state index in [1.54, 1.807) is 37.4 Å². The highest BCUT2D eigenvalue weighted by molar-refractivity contribution is 7.20. The minimum Gasteiger partial charge on any atom is -0.385 e. The molecule has 198 valence electrons. The predicted molar refractivity (Wildman–Crippen MR) is 146 cm³/mol. The van der Waals surface area contributed by atoms with Crippen molar-refractivity contribution in [1.82, 2.24) is 19.7 Å². The Morgan fingerprint density at radius 3 is 2.61 bits per heavy atom. The number of thiophene rings is 1. The molecule has 1 aliphatic rings. The van der Waals surface area contributed by atoms with Crippen molar-refractivity contribution in [3.8, 4) is 11.1 Å². The lowest BCUT2D eigenvalue weighted by Gasteiger charge is -2.32. The summed E-state index contributed by atoms with van der Waals surface area (Å²) >= 11 is 1.55. The standard InChI is InChI=1S/C29H31FN4O3S/c1-15-25-27(38-28(15)29(4,5)35)24-21(13-19(14-32-24)22-16(2)33-37-17(22)3)34(25)26(18-8-11-36-12-9-18)23-20(30)7-6-10-31-23/h6-7,10,13-14,18,26,35H,8-9,11-12H2,1-5H3. The van der Waals surface area contributed by atoms with Crippen LogP contribution in [0.25, 0.3) is 32.4 Å². The van der Waals surface area contributed by atoms with Gasteiger partial charge in [0.25, 0.3) is 0 Å². The highest BCUT2D eigenvalue weighted by Crippen LogP contribution is 2.47. The third-order valence-electron chi connectivity index (χ3n) is 7.63. The molecule has 1 fully saturated rings. The van der Waals surface area contributed by atoms with E-state index in [0.29, 0.717) is 18.9 Å². The van der Waals surface area contributed by atoms with Crippen LogP contribution in [0.15, 0.2) is 35.1 Å². The lowest BCUT2D eigenvalue weighted by atomic mass is 9.88. The van der Waals surface area contributed by atoms with E-state index in [0.717, 1.165) is 67.1 Å². The number of fused-ring (bicyclic) bond motifs is 3. The Balaban J connectivity index is 1.72. The largest absolute Gasteiger partial charge is 0.385 e. The molecule has 6 rings (SSSR count). The normalized spacial score (nSPS) is 16.1. The van der Waals surface area contributed by atoms with Gasteiger partial charge in [-0.2, -0.15) is 0 Å². The molecule has 0 bridgehead atoms. The first kappa shape index (κ1) is 25.2. The Hall–Kier alpha value is -3.14. The third-order valence-corrected chi connectivity index (χ3v) is 9.23. The molecule has 0 spiro atoms. The first-order valence-corrected chi connectivity index (χ1v) is 13.8. The molecule has 0 aromatic carbocycles. The van der Waals surface area contributed by atoms with Gasteiger partial charge in [0.15, 0.2) is 0 Å². The Bertz CT molecular complexity index is 1640. The van der Waals surface area contributed by atoms with Crippen LogP contribution in [0, 0.1) is 32.5 Å². The number of aryl methyl sites for hydroxylation is 3. The summed E-state index contributed by atoms with van der Waals surface area (Å²) in [6.07, 6.45) is 5.09. The average molecular weight is 535 g/mol. The van der Waals surface area contributed by atoms with Crippen LogP contribution in [0.1, 0.15) is 60.3 Å². The van der Waals surface area contributed by atoms with Gasteiger partial charge >= 0.3 is 0 Å². The Morgan fingerprint density at radius 2 is 1.95 bits per heavy atom. The van der Waals surface area contributed by atoms with Crippen LogP contribution < -0.4 is 0 Å². The van der Waals surface area contributed by atoms with Gasteiger partial charge in [0.1, 0.15) is 17.1 Å². The molecule has 1 unspecified atom stereocenters. The van der Waals surface area contributed by atoms with Gasteiger partial charge < -0.3 is 18.9 Å². The number of aliphatic hydroxyl groups is 1. The van der Waals surface area contributed by atoms with Gasteiger partial charge in [0, 0.05) is 41.6 Å². The zero-order chi connectivity index (χ0) is 26.8. The fourth-order valence-electron chi connectivity index (χ4n) is 6.00. The summed E-state index contributed by atoms with van der Waals surface area (Å²) in [6.45, 7) is 10.7. The van der Waals surface area contributed by atoms with E-state index < -0.39 is 5.60 Å². The maximum absolute atomic E-state index is 15.5. The van der Waals surface area contributed by atoms with E-state index in [2.05, 4.69) is 20.8 Å². The summed E-state index contributed by atoms with van der Waals surface area (Å²) in [5.74, 6) is 0.504. The number of halogens is 1. The van der Waals surface area contributed by atoms with Crippen molar-refractivity contribution in [2.75, 3.05) is 13.2 Å². The number of hydrogen-bond acceptors (Lipinski definition) is 7. The Morgan fingerprint density at radius 1 is 1.18 bits per heavy atom. The molecule has 0 amide bonds. The van der Waals surface area contributed by atoms with Crippen LogP contribution in [-0.2, 0) is 10.3 Å². The van der Waals surface area contributed by atoms with E-state index in [4.69, 9.17) is 14.2 Å². The third kappa shape index (κ3) is 3.95. The monoisotopic (exact) mass is 534 g/mol. The number of rotatable bonds is 5. The van der Waals surface area contributed by atoms with Gasteiger partial charge in [-0.3, -0.25) is 9.97 Å². The molecule has 7 nitrogen and oxygen atoms in total. The van der Waals surface area contributed by atoms with Crippen LogP contribution in [0.2, 0.25) is 0 Å². The van der Waals surface area contributed by atoms with Crippen molar-refractivity contribution < 1.29 is 18.8 Å². The van der Waals surface area contributed by atoms with E-state index in [1.807, 2.05) is 27.0 Å². The number of ether oxygens (including phenoxy) is 1. The first-order valence-electron chi connectivity index (χ1n) is 12.9. The Labute approximate surface area is 224 Å². The highest BCUT2D eigenvalue weighted by Gasteiger charge is 2.35. The molecular formula is C29H31FN4O3S. The zero-order valence-corrected chi connectivity index (χ0v) is 23.0. The molecule has 0 aliphatic carbocycles. The quantitative estimate of drug-likeness (QED) is 0.273. The van der Waals surface area contributed by atoms with E-state index in [-0.39, 0.29) is 17.8 Å². The van der Waals surface area contributed by atoms with Gasteiger partial charge in [-0.25, -0.2) is 4.39 Å². The predicted octanol–water partition coefficient (Wildman–Crippen LogP) is 6.61. The molecule has 1 aliphatic heterocycles. The van der Waals surface area contributed by atoms with Crippen LogP contribution in [0.3, 0.4) is 0 Å². The molecule has 38 heavy (non-hydrogen) atoms. The second-order valence-electron chi connectivity index (χ2n) is 10.7. The topological polar surface area (TPSA) is 86.2 Å². The van der Waals surface area contributed by atoms with E-state index in [9.17, 15) is 5.11 Å². The van der Waals surface area contributed by atoms with Crippen LogP contribution in [0.4, 0.5) is 4.39 Å². The highest BCUT2D eigenvalue weighted by atomic mass is 32.1.